The van der Waals surface area contributed by atoms with E-state index in [2.05, 4.69) is 10.3 Å². The van der Waals surface area contributed by atoms with Crippen LogP contribution in [0.4, 0.5) is 8.78 Å². The highest BCUT2D eigenvalue weighted by Gasteiger charge is 2.11. The molecule has 3 nitrogen and oxygen atoms in total. The normalized spacial score (nSPS) is 10.5. The molecule has 1 aromatic carbocycles. The summed E-state index contributed by atoms with van der Waals surface area (Å²) < 4.78 is 32.0. The summed E-state index contributed by atoms with van der Waals surface area (Å²) in [7, 11) is 0. The molecule has 0 unspecified atom stereocenters. The first-order valence-corrected chi connectivity index (χ1v) is 5.98. The zero-order chi connectivity index (χ0) is 13.7. The summed E-state index contributed by atoms with van der Waals surface area (Å²) in [6.45, 7) is 3.36. The second kappa shape index (κ2) is 6.24. The lowest BCUT2D eigenvalue weighted by Crippen LogP contribution is -2.12. The van der Waals surface area contributed by atoms with E-state index in [1.807, 2.05) is 6.92 Å². The number of nitrogens with zero attached hydrogens (tertiary/aromatic N) is 1. The van der Waals surface area contributed by atoms with E-state index in [4.69, 9.17) is 4.74 Å². The van der Waals surface area contributed by atoms with Gasteiger partial charge in [-0.3, -0.25) is 4.98 Å². The van der Waals surface area contributed by atoms with Gasteiger partial charge in [-0.2, -0.15) is 4.39 Å². The van der Waals surface area contributed by atoms with Crippen LogP contribution in [0.25, 0.3) is 0 Å². The standard InChI is InChI=1S/C14H14F2N2O/c1-2-17-8-10-6-7-18-9-13(10)19-12-5-3-4-11(15)14(12)16/h3-7,9,17H,2,8H2,1H3. The summed E-state index contributed by atoms with van der Waals surface area (Å²) in [6, 6.07) is 5.59. The van der Waals surface area contributed by atoms with Crippen molar-refractivity contribution in [2.45, 2.75) is 13.5 Å². The molecule has 2 aromatic rings. The SMILES string of the molecule is CCNCc1ccncc1Oc1cccc(F)c1F. The molecule has 19 heavy (non-hydrogen) atoms. The molecule has 0 radical (unpaired) electrons. The number of hydrogen-bond acceptors (Lipinski definition) is 3. The third-order valence-electron chi connectivity index (χ3n) is 2.57. The van der Waals surface area contributed by atoms with Crippen molar-refractivity contribution < 1.29 is 13.5 Å². The Hall–Kier alpha value is -2.01. The molecule has 0 aliphatic heterocycles. The van der Waals surface area contributed by atoms with Gasteiger partial charge in [-0.25, -0.2) is 4.39 Å². The number of nitrogens with one attached hydrogen (secondary N) is 1. The van der Waals surface area contributed by atoms with Crippen molar-refractivity contribution in [3.63, 3.8) is 0 Å². The van der Waals surface area contributed by atoms with Gasteiger partial charge >= 0.3 is 0 Å². The highest BCUT2D eigenvalue weighted by Crippen LogP contribution is 2.27. The Balaban J connectivity index is 2.25. The van der Waals surface area contributed by atoms with Gasteiger partial charge in [0, 0.05) is 18.3 Å². The molecule has 5 heteroatoms. The van der Waals surface area contributed by atoms with Crippen LogP contribution in [0, 0.1) is 11.6 Å². The molecule has 0 amide bonds. The molecule has 0 saturated carbocycles. The fourth-order valence-electron chi connectivity index (χ4n) is 1.59. The van der Waals surface area contributed by atoms with E-state index in [0.717, 1.165) is 18.2 Å². The summed E-state index contributed by atoms with van der Waals surface area (Å²) in [5.74, 6) is -1.67. The second-order valence-corrected chi connectivity index (χ2v) is 3.92. The molecule has 0 bridgehead atoms. The molecule has 0 fully saturated rings. The molecule has 100 valence electrons. The summed E-state index contributed by atoms with van der Waals surface area (Å²) in [4.78, 5) is 3.93. The van der Waals surface area contributed by atoms with Gasteiger partial charge in [-0.1, -0.05) is 13.0 Å². The molecule has 1 N–H and O–H groups in total. The smallest absolute Gasteiger partial charge is 0.201 e. The monoisotopic (exact) mass is 264 g/mol. The average molecular weight is 264 g/mol. The Morgan fingerprint density at radius 1 is 1.21 bits per heavy atom. The number of ether oxygens (including phenoxy) is 1. The van der Waals surface area contributed by atoms with E-state index in [0.29, 0.717) is 12.3 Å². The highest BCUT2D eigenvalue weighted by molar-refractivity contribution is 5.36. The summed E-state index contributed by atoms with van der Waals surface area (Å²) in [5, 5.41) is 3.14. The van der Waals surface area contributed by atoms with Gasteiger partial charge in [-0.05, 0) is 24.7 Å². The van der Waals surface area contributed by atoms with Gasteiger partial charge in [0.2, 0.25) is 5.82 Å². The van der Waals surface area contributed by atoms with E-state index in [1.54, 1.807) is 12.3 Å². The molecule has 1 heterocycles. The van der Waals surface area contributed by atoms with Crippen molar-refractivity contribution in [1.82, 2.24) is 10.3 Å². The minimum atomic E-state index is -0.999. The highest BCUT2D eigenvalue weighted by atomic mass is 19.2. The number of halogens is 2. The van der Waals surface area contributed by atoms with Gasteiger partial charge in [0.25, 0.3) is 0 Å². The minimum absolute atomic E-state index is 0.147. The number of rotatable bonds is 5. The van der Waals surface area contributed by atoms with Gasteiger partial charge in [0.1, 0.15) is 5.75 Å². The number of aromatic nitrogens is 1. The van der Waals surface area contributed by atoms with Crippen molar-refractivity contribution in [3.05, 3.63) is 53.9 Å². The maximum Gasteiger partial charge on any atom is 0.201 e. The van der Waals surface area contributed by atoms with Crippen LogP contribution >= 0.6 is 0 Å². The van der Waals surface area contributed by atoms with Crippen LogP contribution in [0.2, 0.25) is 0 Å². The zero-order valence-corrected chi connectivity index (χ0v) is 10.5. The van der Waals surface area contributed by atoms with Crippen molar-refractivity contribution in [2.24, 2.45) is 0 Å². The predicted octanol–water partition coefficient (Wildman–Crippen LogP) is 3.26. The van der Waals surface area contributed by atoms with E-state index < -0.39 is 11.6 Å². The third-order valence-corrected chi connectivity index (χ3v) is 2.57. The Kier molecular flexibility index (Phi) is 4.41. The average Bonchev–Trinajstić information content (AvgIpc) is 2.43. The van der Waals surface area contributed by atoms with E-state index in [9.17, 15) is 8.78 Å². The zero-order valence-electron chi connectivity index (χ0n) is 10.5. The Labute approximate surface area is 110 Å². The summed E-state index contributed by atoms with van der Waals surface area (Å²) in [5.41, 5.74) is 0.834. The van der Waals surface area contributed by atoms with Crippen LogP contribution in [-0.2, 0) is 6.54 Å². The van der Waals surface area contributed by atoms with Crippen molar-refractivity contribution in [2.75, 3.05) is 6.54 Å². The topological polar surface area (TPSA) is 34.2 Å². The maximum atomic E-state index is 13.5. The lowest BCUT2D eigenvalue weighted by molar-refractivity contribution is 0.410. The molecule has 0 aliphatic rings. The van der Waals surface area contributed by atoms with Crippen LogP contribution in [-0.4, -0.2) is 11.5 Å². The number of pyridine rings is 1. The van der Waals surface area contributed by atoms with E-state index in [-0.39, 0.29) is 5.75 Å². The largest absolute Gasteiger partial charge is 0.452 e. The van der Waals surface area contributed by atoms with Crippen LogP contribution in [0.5, 0.6) is 11.5 Å². The minimum Gasteiger partial charge on any atom is -0.452 e. The van der Waals surface area contributed by atoms with Crippen LogP contribution in [0.3, 0.4) is 0 Å². The maximum absolute atomic E-state index is 13.5. The van der Waals surface area contributed by atoms with E-state index in [1.165, 1.54) is 18.3 Å². The van der Waals surface area contributed by atoms with Crippen LogP contribution < -0.4 is 10.1 Å². The molecule has 0 aliphatic carbocycles. The Morgan fingerprint density at radius 3 is 2.84 bits per heavy atom. The molecular formula is C14H14F2N2O. The molecule has 0 spiro atoms. The first-order valence-electron chi connectivity index (χ1n) is 5.98. The second-order valence-electron chi connectivity index (χ2n) is 3.92. The molecular weight excluding hydrogens is 250 g/mol. The van der Waals surface area contributed by atoms with E-state index >= 15 is 0 Å². The van der Waals surface area contributed by atoms with Gasteiger partial charge in [0.15, 0.2) is 11.6 Å². The fourth-order valence-corrected chi connectivity index (χ4v) is 1.59. The third kappa shape index (κ3) is 3.26. The van der Waals surface area contributed by atoms with Gasteiger partial charge < -0.3 is 10.1 Å². The molecule has 0 atom stereocenters. The number of benzene rings is 1. The predicted molar refractivity (Wildman–Crippen MR) is 68.0 cm³/mol. The van der Waals surface area contributed by atoms with Gasteiger partial charge in [-0.15, -0.1) is 0 Å². The van der Waals surface area contributed by atoms with Crippen LogP contribution in [0.1, 0.15) is 12.5 Å². The van der Waals surface area contributed by atoms with Crippen molar-refractivity contribution >= 4 is 0 Å². The molecule has 0 saturated heterocycles. The van der Waals surface area contributed by atoms with Crippen molar-refractivity contribution in [3.8, 4) is 11.5 Å². The van der Waals surface area contributed by atoms with Crippen LogP contribution in [0.15, 0.2) is 36.7 Å². The Morgan fingerprint density at radius 2 is 2.05 bits per heavy atom. The van der Waals surface area contributed by atoms with Gasteiger partial charge in [0.05, 0.1) is 6.20 Å². The molecule has 2 rings (SSSR count). The summed E-state index contributed by atoms with van der Waals surface area (Å²) in [6.07, 6.45) is 3.11. The van der Waals surface area contributed by atoms with Crippen molar-refractivity contribution in [1.29, 1.82) is 0 Å². The number of hydrogen-bond donors (Lipinski definition) is 1. The Bertz CT molecular complexity index is 561. The fraction of sp³-hybridized carbons (Fsp3) is 0.214. The quantitative estimate of drug-likeness (QED) is 0.900. The first kappa shape index (κ1) is 13.4. The lowest BCUT2D eigenvalue weighted by atomic mass is 10.2. The molecule has 1 aromatic heterocycles. The lowest BCUT2D eigenvalue weighted by Gasteiger charge is -2.11. The first-order chi connectivity index (χ1) is 9.22. The summed E-state index contributed by atoms with van der Waals surface area (Å²) >= 11 is 0.